The highest BCUT2D eigenvalue weighted by Crippen LogP contribution is 2.64. The highest BCUT2D eigenvalue weighted by atomic mass is 16.2. The number of carbonyl (C=O) groups excluding carboxylic acids is 1. The zero-order chi connectivity index (χ0) is 14.0. The van der Waals surface area contributed by atoms with E-state index in [4.69, 9.17) is 5.11 Å². The zero-order valence-corrected chi connectivity index (χ0v) is 12.6. The summed E-state index contributed by atoms with van der Waals surface area (Å²) >= 11 is 0. The first-order valence-electron chi connectivity index (χ1n) is 7.77. The molecule has 0 aromatic heterocycles. The van der Waals surface area contributed by atoms with Crippen molar-refractivity contribution in [1.82, 2.24) is 0 Å². The van der Waals surface area contributed by atoms with Gasteiger partial charge in [0.1, 0.15) is 5.78 Å². The van der Waals surface area contributed by atoms with Gasteiger partial charge in [0, 0.05) is 12.3 Å². The van der Waals surface area contributed by atoms with Crippen LogP contribution in [0.3, 0.4) is 0 Å². The van der Waals surface area contributed by atoms with Crippen LogP contribution in [-0.2, 0) is 4.79 Å². The normalized spacial score (nSPS) is 37.2. The Morgan fingerprint density at radius 2 is 2.05 bits per heavy atom. The SMILES string of the molecule is C[C@@H]1C[C@@H]2[C@H](CC(=O)C1CCC/C=C/CO)C2(C)C. The number of hydrogen-bond donors (Lipinski definition) is 1. The maximum atomic E-state index is 12.4. The maximum absolute atomic E-state index is 12.4. The first kappa shape index (κ1) is 14.8. The molecule has 19 heavy (non-hydrogen) atoms. The van der Waals surface area contributed by atoms with Crippen molar-refractivity contribution in [3.63, 3.8) is 0 Å². The molecule has 1 unspecified atom stereocenters. The van der Waals surface area contributed by atoms with Gasteiger partial charge in [-0.15, -0.1) is 0 Å². The molecule has 2 fully saturated rings. The summed E-state index contributed by atoms with van der Waals surface area (Å²) in [6, 6.07) is 0. The third-order valence-electron chi connectivity index (χ3n) is 5.59. The number of carbonyl (C=O) groups is 1. The molecule has 4 atom stereocenters. The molecular weight excluding hydrogens is 236 g/mol. The Balaban J connectivity index is 1.85. The summed E-state index contributed by atoms with van der Waals surface area (Å²) in [4.78, 5) is 12.4. The van der Waals surface area contributed by atoms with Crippen molar-refractivity contribution < 1.29 is 9.90 Å². The monoisotopic (exact) mass is 264 g/mol. The van der Waals surface area contributed by atoms with Crippen LogP contribution in [0.5, 0.6) is 0 Å². The Morgan fingerprint density at radius 1 is 1.32 bits per heavy atom. The lowest BCUT2D eigenvalue weighted by Crippen LogP contribution is -2.22. The third-order valence-corrected chi connectivity index (χ3v) is 5.59. The average Bonchev–Trinajstić information content (AvgIpc) is 2.88. The van der Waals surface area contributed by atoms with Gasteiger partial charge in [0.05, 0.1) is 6.61 Å². The highest BCUT2D eigenvalue weighted by Gasteiger charge is 2.59. The summed E-state index contributed by atoms with van der Waals surface area (Å²) in [5, 5.41) is 8.68. The smallest absolute Gasteiger partial charge is 0.136 e. The van der Waals surface area contributed by atoms with Crippen LogP contribution in [0.1, 0.15) is 52.9 Å². The summed E-state index contributed by atoms with van der Waals surface area (Å²) in [5.74, 6) is 2.78. The van der Waals surface area contributed by atoms with Gasteiger partial charge >= 0.3 is 0 Å². The quantitative estimate of drug-likeness (QED) is 0.608. The standard InChI is InChI=1S/C17H28O2/c1-12-10-14-15(17(14,2)3)11-16(19)13(12)8-6-4-5-7-9-18/h5,7,12-15,18H,4,6,8-11H2,1-3H3/b7-5+/t12-,13?,14-,15+/m1/s1. The van der Waals surface area contributed by atoms with Gasteiger partial charge in [-0.05, 0) is 48.9 Å². The molecule has 108 valence electrons. The molecule has 2 heteroatoms. The van der Waals surface area contributed by atoms with Gasteiger partial charge in [0.2, 0.25) is 0 Å². The minimum absolute atomic E-state index is 0.122. The van der Waals surface area contributed by atoms with Gasteiger partial charge in [-0.2, -0.15) is 0 Å². The molecule has 0 radical (unpaired) electrons. The number of ketones is 1. The van der Waals surface area contributed by atoms with Crippen molar-refractivity contribution in [2.24, 2.45) is 29.1 Å². The second-order valence-corrected chi connectivity index (χ2v) is 7.11. The molecule has 0 spiro atoms. The third kappa shape index (κ3) is 3.10. The van der Waals surface area contributed by atoms with Gasteiger partial charge < -0.3 is 5.11 Å². The Kier molecular flexibility index (Phi) is 4.50. The topological polar surface area (TPSA) is 37.3 Å². The molecule has 2 aliphatic rings. The van der Waals surface area contributed by atoms with Crippen molar-refractivity contribution in [1.29, 1.82) is 0 Å². The van der Waals surface area contributed by atoms with Crippen LogP contribution < -0.4 is 0 Å². The fraction of sp³-hybridized carbons (Fsp3) is 0.824. The van der Waals surface area contributed by atoms with Crippen LogP contribution in [0.2, 0.25) is 0 Å². The lowest BCUT2D eigenvalue weighted by Gasteiger charge is -2.22. The number of allylic oxidation sites excluding steroid dienone is 1. The molecule has 0 amide bonds. The van der Waals surface area contributed by atoms with E-state index in [0.717, 1.165) is 31.6 Å². The van der Waals surface area contributed by atoms with Crippen LogP contribution >= 0.6 is 0 Å². The molecule has 2 rings (SSSR count). The van der Waals surface area contributed by atoms with Crippen molar-refractivity contribution in [2.45, 2.75) is 52.9 Å². The van der Waals surface area contributed by atoms with Crippen LogP contribution in [-0.4, -0.2) is 17.5 Å². The minimum atomic E-state index is 0.122. The molecule has 0 aromatic carbocycles. The summed E-state index contributed by atoms with van der Waals surface area (Å²) in [6.07, 6.45) is 8.93. The Labute approximate surface area is 117 Å². The Bertz CT molecular complexity index is 356. The van der Waals surface area contributed by atoms with Gasteiger partial charge in [-0.1, -0.05) is 32.9 Å². The molecule has 2 aliphatic carbocycles. The van der Waals surface area contributed by atoms with Crippen LogP contribution in [0, 0.1) is 29.1 Å². The predicted octanol–water partition coefficient (Wildman–Crippen LogP) is 3.59. The fourth-order valence-corrected chi connectivity index (χ4v) is 4.07. The predicted molar refractivity (Wildman–Crippen MR) is 77.7 cm³/mol. The number of unbranched alkanes of at least 4 members (excludes halogenated alkanes) is 1. The van der Waals surface area contributed by atoms with Gasteiger partial charge in [-0.25, -0.2) is 0 Å². The zero-order valence-electron chi connectivity index (χ0n) is 12.6. The van der Waals surface area contributed by atoms with E-state index in [0.29, 0.717) is 23.0 Å². The average molecular weight is 264 g/mol. The first-order chi connectivity index (χ1) is 8.98. The van der Waals surface area contributed by atoms with Crippen molar-refractivity contribution in [2.75, 3.05) is 6.61 Å². The fourth-order valence-electron chi connectivity index (χ4n) is 4.07. The Morgan fingerprint density at radius 3 is 2.74 bits per heavy atom. The van der Waals surface area contributed by atoms with E-state index >= 15 is 0 Å². The maximum Gasteiger partial charge on any atom is 0.136 e. The second-order valence-electron chi connectivity index (χ2n) is 7.11. The number of rotatable bonds is 5. The van der Waals surface area contributed by atoms with E-state index in [9.17, 15) is 4.79 Å². The van der Waals surface area contributed by atoms with Crippen LogP contribution in [0.4, 0.5) is 0 Å². The van der Waals surface area contributed by atoms with E-state index in [-0.39, 0.29) is 12.5 Å². The Hall–Kier alpha value is -0.630. The molecule has 0 bridgehead atoms. The van der Waals surface area contributed by atoms with Gasteiger partial charge in [-0.3, -0.25) is 4.79 Å². The number of fused-ring (bicyclic) bond motifs is 1. The van der Waals surface area contributed by atoms with E-state index in [2.05, 4.69) is 20.8 Å². The summed E-state index contributed by atoms with van der Waals surface area (Å²) < 4.78 is 0. The van der Waals surface area contributed by atoms with Crippen molar-refractivity contribution in [3.05, 3.63) is 12.2 Å². The molecule has 0 aliphatic heterocycles. The summed E-state index contributed by atoms with van der Waals surface area (Å²) in [6.45, 7) is 7.03. The van der Waals surface area contributed by atoms with Crippen LogP contribution in [0.25, 0.3) is 0 Å². The number of Topliss-reactive ketones (excluding diaryl/α,β-unsaturated/α-hetero) is 1. The minimum Gasteiger partial charge on any atom is -0.392 e. The molecular formula is C17H28O2. The number of aliphatic hydroxyl groups is 1. The largest absolute Gasteiger partial charge is 0.392 e. The summed E-state index contributed by atoms with van der Waals surface area (Å²) in [5.41, 5.74) is 0.415. The van der Waals surface area contributed by atoms with Gasteiger partial charge in [0.25, 0.3) is 0 Å². The lowest BCUT2D eigenvalue weighted by atomic mass is 9.81. The van der Waals surface area contributed by atoms with E-state index in [1.807, 2.05) is 6.08 Å². The summed E-state index contributed by atoms with van der Waals surface area (Å²) in [7, 11) is 0. The molecule has 0 saturated heterocycles. The van der Waals surface area contributed by atoms with Crippen molar-refractivity contribution >= 4 is 5.78 Å². The lowest BCUT2D eigenvalue weighted by molar-refractivity contribution is -0.124. The number of aliphatic hydroxyl groups excluding tert-OH is 1. The highest BCUT2D eigenvalue weighted by molar-refractivity contribution is 5.82. The van der Waals surface area contributed by atoms with E-state index in [1.165, 1.54) is 6.42 Å². The van der Waals surface area contributed by atoms with E-state index < -0.39 is 0 Å². The molecule has 1 N–H and O–H groups in total. The molecule has 0 aromatic rings. The van der Waals surface area contributed by atoms with Crippen molar-refractivity contribution in [3.8, 4) is 0 Å². The van der Waals surface area contributed by atoms with E-state index in [1.54, 1.807) is 6.08 Å². The van der Waals surface area contributed by atoms with Gasteiger partial charge in [0.15, 0.2) is 0 Å². The number of hydrogen-bond acceptors (Lipinski definition) is 2. The first-order valence-corrected chi connectivity index (χ1v) is 7.77. The molecule has 2 saturated carbocycles. The van der Waals surface area contributed by atoms with Crippen LogP contribution in [0.15, 0.2) is 12.2 Å². The second kappa shape index (κ2) is 5.78. The molecule has 2 nitrogen and oxygen atoms in total. The molecule has 0 heterocycles.